The number of aliphatic hydroxyl groups is 1. The number of rotatable bonds is 6. The first-order valence-electron chi connectivity index (χ1n) is 6.50. The van der Waals surface area contributed by atoms with Gasteiger partial charge in [-0.15, -0.1) is 0 Å². The van der Waals surface area contributed by atoms with Crippen LogP contribution in [0, 0.1) is 0 Å². The van der Waals surface area contributed by atoms with Crippen LogP contribution >= 0.6 is 0 Å². The van der Waals surface area contributed by atoms with Gasteiger partial charge in [-0.1, -0.05) is 45.0 Å². The summed E-state index contributed by atoms with van der Waals surface area (Å²) in [7, 11) is 0. The van der Waals surface area contributed by atoms with Crippen LogP contribution in [0.5, 0.6) is 0 Å². The maximum absolute atomic E-state index is 9.58. The molecule has 2 nitrogen and oxygen atoms in total. The number of benzene rings is 1. The largest absolute Gasteiger partial charge is 0.394 e. The van der Waals surface area contributed by atoms with Gasteiger partial charge in [0.05, 0.1) is 12.1 Å². The van der Waals surface area contributed by atoms with Crippen molar-refractivity contribution in [3.8, 4) is 0 Å². The van der Waals surface area contributed by atoms with Crippen LogP contribution in [0.15, 0.2) is 24.3 Å². The lowest BCUT2D eigenvalue weighted by Gasteiger charge is -2.29. The summed E-state index contributed by atoms with van der Waals surface area (Å²) in [5, 5.41) is 13.0. The Hall–Kier alpha value is -0.860. The normalized spacial score (nSPS) is 14.9. The quantitative estimate of drug-likeness (QED) is 0.794. The fraction of sp³-hybridized carbons (Fsp3) is 0.600. The van der Waals surface area contributed by atoms with Crippen LogP contribution in [0.4, 0.5) is 0 Å². The van der Waals surface area contributed by atoms with E-state index in [0.717, 1.165) is 18.5 Å². The predicted molar refractivity (Wildman–Crippen MR) is 73.3 cm³/mol. The van der Waals surface area contributed by atoms with E-state index in [1.165, 1.54) is 5.56 Å². The van der Waals surface area contributed by atoms with Gasteiger partial charge in [0.1, 0.15) is 0 Å². The van der Waals surface area contributed by atoms with Crippen LogP contribution in [0.25, 0.3) is 0 Å². The minimum atomic E-state index is -0.328. The number of aliphatic hydroxyl groups excluding tert-OH is 1. The zero-order valence-electron chi connectivity index (χ0n) is 11.5. The second-order valence-corrected chi connectivity index (χ2v) is 5.19. The van der Waals surface area contributed by atoms with Crippen LogP contribution in [-0.2, 0) is 5.54 Å². The molecule has 17 heavy (non-hydrogen) atoms. The third-order valence-electron chi connectivity index (χ3n) is 3.30. The Morgan fingerprint density at radius 3 is 2.24 bits per heavy atom. The van der Waals surface area contributed by atoms with E-state index in [1.54, 1.807) is 0 Å². The maximum Gasteiger partial charge on any atom is 0.0652 e. The molecular formula is C15H25NO. The minimum Gasteiger partial charge on any atom is -0.394 e. The van der Waals surface area contributed by atoms with Gasteiger partial charge in [0.15, 0.2) is 0 Å². The van der Waals surface area contributed by atoms with E-state index in [1.807, 2.05) is 6.92 Å². The van der Waals surface area contributed by atoms with Crippen molar-refractivity contribution in [2.75, 3.05) is 13.2 Å². The maximum atomic E-state index is 9.58. The molecule has 0 radical (unpaired) electrons. The van der Waals surface area contributed by atoms with Gasteiger partial charge in [0.2, 0.25) is 0 Å². The Morgan fingerprint density at radius 1 is 1.24 bits per heavy atom. The molecule has 0 bridgehead atoms. The van der Waals surface area contributed by atoms with Gasteiger partial charge in [-0.25, -0.2) is 0 Å². The smallest absolute Gasteiger partial charge is 0.0652 e. The first kappa shape index (κ1) is 14.2. The third-order valence-corrected chi connectivity index (χ3v) is 3.30. The zero-order valence-corrected chi connectivity index (χ0v) is 11.5. The summed E-state index contributed by atoms with van der Waals surface area (Å²) in [6, 6.07) is 8.55. The first-order valence-corrected chi connectivity index (χ1v) is 6.50. The highest BCUT2D eigenvalue weighted by Gasteiger charge is 2.24. The molecular weight excluding hydrogens is 210 g/mol. The molecule has 0 saturated heterocycles. The van der Waals surface area contributed by atoms with E-state index < -0.39 is 0 Å². The number of hydrogen-bond acceptors (Lipinski definition) is 2. The minimum absolute atomic E-state index is 0.119. The van der Waals surface area contributed by atoms with Crippen LogP contribution in [0.1, 0.15) is 51.2 Å². The van der Waals surface area contributed by atoms with Gasteiger partial charge >= 0.3 is 0 Å². The lowest BCUT2D eigenvalue weighted by Crippen LogP contribution is -2.43. The highest BCUT2D eigenvalue weighted by Crippen LogP contribution is 2.23. The molecule has 0 spiro atoms. The van der Waals surface area contributed by atoms with Crippen molar-refractivity contribution in [3.05, 3.63) is 35.4 Å². The summed E-state index contributed by atoms with van der Waals surface area (Å²) < 4.78 is 0. The second kappa shape index (κ2) is 6.18. The van der Waals surface area contributed by atoms with Crippen LogP contribution < -0.4 is 5.32 Å². The van der Waals surface area contributed by atoms with Gasteiger partial charge in [-0.05, 0) is 36.9 Å². The summed E-state index contributed by atoms with van der Waals surface area (Å²) in [5.41, 5.74) is 2.16. The summed E-state index contributed by atoms with van der Waals surface area (Å²) in [5.74, 6) is 0.549. The monoisotopic (exact) mass is 235 g/mol. The van der Waals surface area contributed by atoms with E-state index in [-0.39, 0.29) is 12.1 Å². The molecule has 0 aliphatic carbocycles. The second-order valence-electron chi connectivity index (χ2n) is 5.19. The van der Waals surface area contributed by atoms with E-state index >= 15 is 0 Å². The standard InChI is InChI=1S/C15H25NO/c1-5-10-16-15(4,11-17)14-8-6-13(7-9-14)12(2)3/h6-9,12,16-17H,5,10-11H2,1-4H3. The SMILES string of the molecule is CCCNC(C)(CO)c1ccc(C(C)C)cc1. The molecule has 1 aromatic carbocycles. The summed E-state index contributed by atoms with van der Waals surface area (Å²) in [4.78, 5) is 0. The molecule has 0 saturated carbocycles. The molecule has 1 aromatic rings. The molecule has 2 N–H and O–H groups in total. The van der Waals surface area contributed by atoms with Gasteiger partial charge in [0, 0.05) is 0 Å². The average molecular weight is 235 g/mol. The van der Waals surface area contributed by atoms with Crippen molar-refractivity contribution < 1.29 is 5.11 Å². The zero-order chi connectivity index (χ0) is 12.9. The third kappa shape index (κ3) is 3.55. The Balaban J connectivity index is 2.88. The van der Waals surface area contributed by atoms with Crippen molar-refractivity contribution in [3.63, 3.8) is 0 Å². The Kier molecular flexibility index (Phi) is 5.16. The summed E-state index contributed by atoms with van der Waals surface area (Å²) in [6.07, 6.45) is 1.07. The van der Waals surface area contributed by atoms with Crippen molar-refractivity contribution in [2.24, 2.45) is 0 Å². The molecule has 1 atom stereocenters. The van der Waals surface area contributed by atoms with E-state index in [2.05, 4.69) is 50.4 Å². The van der Waals surface area contributed by atoms with E-state index in [0.29, 0.717) is 5.92 Å². The van der Waals surface area contributed by atoms with Gasteiger partial charge in [-0.3, -0.25) is 0 Å². The summed E-state index contributed by atoms with van der Waals surface area (Å²) >= 11 is 0. The molecule has 0 aliphatic heterocycles. The van der Waals surface area contributed by atoms with Crippen molar-refractivity contribution in [2.45, 2.75) is 45.6 Å². The highest BCUT2D eigenvalue weighted by molar-refractivity contribution is 5.29. The highest BCUT2D eigenvalue weighted by atomic mass is 16.3. The Labute approximate surface area is 105 Å². The predicted octanol–water partition coefficient (Wildman–Crippen LogP) is 3.02. The topological polar surface area (TPSA) is 32.3 Å². The van der Waals surface area contributed by atoms with Gasteiger partial charge in [-0.2, -0.15) is 0 Å². The molecule has 96 valence electrons. The lowest BCUT2D eigenvalue weighted by atomic mass is 9.90. The molecule has 0 heterocycles. The number of nitrogens with one attached hydrogen (secondary N) is 1. The lowest BCUT2D eigenvalue weighted by molar-refractivity contribution is 0.175. The molecule has 2 heteroatoms. The van der Waals surface area contributed by atoms with Gasteiger partial charge in [0.25, 0.3) is 0 Å². The number of hydrogen-bond donors (Lipinski definition) is 2. The van der Waals surface area contributed by atoms with Crippen molar-refractivity contribution in [1.82, 2.24) is 5.32 Å². The Morgan fingerprint density at radius 2 is 1.82 bits per heavy atom. The summed E-state index contributed by atoms with van der Waals surface area (Å²) in [6.45, 7) is 9.60. The average Bonchev–Trinajstić information content (AvgIpc) is 2.36. The molecule has 1 unspecified atom stereocenters. The van der Waals surface area contributed by atoms with Crippen LogP contribution in [-0.4, -0.2) is 18.3 Å². The molecule has 0 amide bonds. The Bertz CT molecular complexity index is 331. The fourth-order valence-corrected chi connectivity index (χ4v) is 1.89. The molecule has 0 fully saturated rings. The first-order chi connectivity index (χ1) is 8.03. The van der Waals surface area contributed by atoms with Gasteiger partial charge < -0.3 is 10.4 Å². The molecule has 0 aliphatic rings. The molecule has 0 aromatic heterocycles. The van der Waals surface area contributed by atoms with Crippen LogP contribution in [0.2, 0.25) is 0 Å². The van der Waals surface area contributed by atoms with E-state index in [9.17, 15) is 5.11 Å². The van der Waals surface area contributed by atoms with Crippen molar-refractivity contribution >= 4 is 0 Å². The molecule has 1 rings (SSSR count). The van der Waals surface area contributed by atoms with Crippen LogP contribution in [0.3, 0.4) is 0 Å². The van der Waals surface area contributed by atoms with E-state index in [4.69, 9.17) is 0 Å². The fourth-order valence-electron chi connectivity index (χ4n) is 1.89. The van der Waals surface area contributed by atoms with Crippen molar-refractivity contribution in [1.29, 1.82) is 0 Å².